The highest BCUT2D eigenvalue weighted by molar-refractivity contribution is 5.97. The van der Waals surface area contributed by atoms with Crippen molar-refractivity contribution >= 4 is 11.7 Å². The van der Waals surface area contributed by atoms with Gasteiger partial charge in [0.2, 0.25) is 5.91 Å². The molecular formula is C23H28N2O3. The first-order valence-electron chi connectivity index (χ1n) is 9.91. The summed E-state index contributed by atoms with van der Waals surface area (Å²) in [5.74, 6) is 0.743. The Bertz CT molecular complexity index is 785. The Morgan fingerprint density at radius 3 is 2.39 bits per heavy atom. The maximum atomic E-state index is 12.4. The van der Waals surface area contributed by atoms with Crippen LogP contribution in [0.15, 0.2) is 54.6 Å². The average Bonchev–Trinajstić information content (AvgIpc) is 3.27. The lowest BCUT2D eigenvalue weighted by molar-refractivity contribution is -0.121. The molecule has 1 aliphatic rings. The minimum atomic E-state index is -0.0941. The number of para-hydroxylation sites is 1. The minimum Gasteiger partial charge on any atom is -0.496 e. The first-order valence-corrected chi connectivity index (χ1v) is 9.91. The smallest absolute Gasteiger partial charge is 0.220 e. The highest BCUT2D eigenvalue weighted by Gasteiger charge is 2.26. The summed E-state index contributed by atoms with van der Waals surface area (Å²) in [4.78, 5) is 27.0. The summed E-state index contributed by atoms with van der Waals surface area (Å²) in [5, 5.41) is 3.03. The van der Waals surface area contributed by atoms with Crippen molar-refractivity contribution < 1.29 is 14.3 Å². The molecule has 0 bridgehead atoms. The fraction of sp³-hybridized carbons (Fsp3) is 0.391. The Morgan fingerprint density at radius 2 is 1.68 bits per heavy atom. The molecule has 0 spiro atoms. The van der Waals surface area contributed by atoms with Crippen LogP contribution in [0.4, 0.5) is 0 Å². The van der Waals surface area contributed by atoms with Gasteiger partial charge < -0.3 is 10.1 Å². The fourth-order valence-corrected chi connectivity index (χ4v) is 3.73. The lowest BCUT2D eigenvalue weighted by Gasteiger charge is -2.29. The van der Waals surface area contributed by atoms with Crippen LogP contribution in [-0.2, 0) is 4.79 Å². The number of methoxy groups -OCH3 is 1. The molecule has 3 rings (SSSR count). The van der Waals surface area contributed by atoms with Crippen molar-refractivity contribution in [3.63, 3.8) is 0 Å². The molecule has 2 aromatic carbocycles. The van der Waals surface area contributed by atoms with E-state index in [9.17, 15) is 9.59 Å². The molecule has 1 N–H and O–H groups in total. The molecule has 1 atom stereocenters. The summed E-state index contributed by atoms with van der Waals surface area (Å²) in [6.45, 7) is 2.55. The number of carbonyl (C=O) groups is 2. The van der Waals surface area contributed by atoms with Gasteiger partial charge in [0.05, 0.1) is 13.2 Å². The van der Waals surface area contributed by atoms with Gasteiger partial charge in [-0.3, -0.25) is 14.5 Å². The maximum absolute atomic E-state index is 12.4. The molecule has 1 saturated heterocycles. The van der Waals surface area contributed by atoms with Gasteiger partial charge >= 0.3 is 0 Å². The third-order valence-corrected chi connectivity index (χ3v) is 5.25. The number of likely N-dealkylation sites (tertiary alicyclic amines) is 1. The average molecular weight is 380 g/mol. The van der Waals surface area contributed by atoms with E-state index in [4.69, 9.17) is 4.74 Å². The topological polar surface area (TPSA) is 58.6 Å². The van der Waals surface area contributed by atoms with Crippen molar-refractivity contribution in [2.24, 2.45) is 0 Å². The summed E-state index contributed by atoms with van der Waals surface area (Å²) in [5.41, 5.74) is 1.74. The van der Waals surface area contributed by atoms with Crippen LogP contribution in [0.2, 0.25) is 0 Å². The normalized spacial score (nSPS) is 15.2. The van der Waals surface area contributed by atoms with E-state index in [-0.39, 0.29) is 30.6 Å². The zero-order valence-corrected chi connectivity index (χ0v) is 16.4. The second-order valence-electron chi connectivity index (χ2n) is 7.09. The lowest BCUT2D eigenvalue weighted by Crippen LogP contribution is -2.37. The number of Topliss-reactive ketones (excluding diaryl/α,β-unsaturated/α-hetero) is 1. The van der Waals surface area contributed by atoms with E-state index in [1.807, 2.05) is 36.4 Å². The second-order valence-corrected chi connectivity index (χ2v) is 7.09. The van der Waals surface area contributed by atoms with E-state index in [2.05, 4.69) is 16.3 Å². The second kappa shape index (κ2) is 10.0. The number of nitrogens with one attached hydrogen (secondary N) is 1. The van der Waals surface area contributed by atoms with Crippen LogP contribution in [0.1, 0.15) is 47.6 Å². The largest absolute Gasteiger partial charge is 0.496 e. The number of ether oxygens (including phenoxy) is 1. The number of ketones is 1. The molecule has 28 heavy (non-hydrogen) atoms. The summed E-state index contributed by atoms with van der Waals surface area (Å²) in [7, 11) is 1.67. The van der Waals surface area contributed by atoms with E-state index in [0.29, 0.717) is 12.1 Å². The van der Waals surface area contributed by atoms with Gasteiger partial charge in [0.15, 0.2) is 5.78 Å². The van der Waals surface area contributed by atoms with E-state index >= 15 is 0 Å². The van der Waals surface area contributed by atoms with Crippen molar-refractivity contribution in [3.05, 3.63) is 65.7 Å². The quantitative estimate of drug-likeness (QED) is 0.675. The number of benzene rings is 2. The standard InChI is InChI=1S/C23H28N2O3/c1-28-22-12-6-5-11-19(22)20(25-15-7-8-16-25)17-24-23(27)14-13-21(26)18-9-3-2-4-10-18/h2-6,9-12,20H,7-8,13-17H2,1H3,(H,24,27). The maximum Gasteiger partial charge on any atom is 0.220 e. The molecule has 0 aliphatic carbocycles. The first-order chi connectivity index (χ1) is 13.7. The van der Waals surface area contributed by atoms with E-state index in [1.54, 1.807) is 19.2 Å². The van der Waals surface area contributed by atoms with Crippen molar-refractivity contribution in [1.82, 2.24) is 10.2 Å². The van der Waals surface area contributed by atoms with Crippen LogP contribution in [0.3, 0.4) is 0 Å². The predicted octanol–water partition coefficient (Wildman–Crippen LogP) is 3.61. The summed E-state index contributed by atoms with van der Waals surface area (Å²) in [6, 6.07) is 17.2. The van der Waals surface area contributed by atoms with Crippen LogP contribution >= 0.6 is 0 Å². The lowest BCUT2D eigenvalue weighted by atomic mass is 10.0. The van der Waals surface area contributed by atoms with Crippen LogP contribution in [0.5, 0.6) is 5.75 Å². The molecule has 5 nitrogen and oxygen atoms in total. The van der Waals surface area contributed by atoms with E-state index < -0.39 is 0 Å². The molecule has 148 valence electrons. The molecule has 1 aliphatic heterocycles. The number of hydrogen-bond donors (Lipinski definition) is 1. The van der Waals surface area contributed by atoms with E-state index in [0.717, 1.165) is 24.4 Å². The highest BCUT2D eigenvalue weighted by Crippen LogP contribution is 2.31. The van der Waals surface area contributed by atoms with Gasteiger partial charge in [-0.25, -0.2) is 0 Å². The third kappa shape index (κ3) is 5.20. The highest BCUT2D eigenvalue weighted by atomic mass is 16.5. The fourth-order valence-electron chi connectivity index (χ4n) is 3.73. The molecule has 0 radical (unpaired) electrons. The Morgan fingerprint density at radius 1 is 1.00 bits per heavy atom. The monoisotopic (exact) mass is 380 g/mol. The van der Waals surface area contributed by atoms with Gasteiger partial charge in [-0.1, -0.05) is 48.5 Å². The Labute approximate surface area is 166 Å². The van der Waals surface area contributed by atoms with Gasteiger partial charge in [-0.2, -0.15) is 0 Å². The van der Waals surface area contributed by atoms with Crippen molar-refractivity contribution in [2.75, 3.05) is 26.7 Å². The predicted molar refractivity (Wildman–Crippen MR) is 110 cm³/mol. The van der Waals surface area contributed by atoms with Crippen LogP contribution < -0.4 is 10.1 Å². The summed E-state index contributed by atoms with van der Waals surface area (Å²) in [6.07, 6.45) is 2.77. The Balaban J connectivity index is 1.58. The van der Waals surface area contributed by atoms with Crippen molar-refractivity contribution in [3.8, 4) is 5.75 Å². The van der Waals surface area contributed by atoms with Crippen molar-refractivity contribution in [2.45, 2.75) is 31.7 Å². The number of nitrogens with zero attached hydrogens (tertiary/aromatic N) is 1. The zero-order valence-electron chi connectivity index (χ0n) is 16.4. The number of hydrogen-bond acceptors (Lipinski definition) is 4. The number of rotatable bonds is 9. The molecule has 0 aromatic heterocycles. The molecule has 1 fully saturated rings. The SMILES string of the molecule is COc1ccccc1C(CNC(=O)CCC(=O)c1ccccc1)N1CCCC1. The van der Waals surface area contributed by atoms with Crippen LogP contribution in [-0.4, -0.2) is 43.3 Å². The molecule has 0 saturated carbocycles. The Hall–Kier alpha value is -2.66. The van der Waals surface area contributed by atoms with E-state index in [1.165, 1.54) is 12.8 Å². The van der Waals surface area contributed by atoms with Gasteiger partial charge in [0, 0.05) is 30.5 Å². The molecule has 1 unspecified atom stereocenters. The van der Waals surface area contributed by atoms with Gasteiger partial charge in [0.1, 0.15) is 5.75 Å². The van der Waals surface area contributed by atoms with Crippen LogP contribution in [0.25, 0.3) is 0 Å². The zero-order chi connectivity index (χ0) is 19.8. The van der Waals surface area contributed by atoms with Gasteiger partial charge in [-0.15, -0.1) is 0 Å². The molecule has 1 heterocycles. The third-order valence-electron chi connectivity index (χ3n) is 5.25. The number of amides is 1. The van der Waals surface area contributed by atoms with Crippen LogP contribution in [0, 0.1) is 0 Å². The molecule has 5 heteroatoms. The molecule has 1 amide bonds. The summed E-state index contributed by atoms with van der Waals surface area (Å²) < 4.78 is 5.54. The Kier molecular flexibility index (Phi) is 7.20. The molecular weight excluding hydrogens is 352 g/mol. The van der Waals surface area contributed by atoms with Gasteiger partial charge in [0.25, 0.3) is 0 Å². The summed E-state index contributed by atoms with van der Waals surface area (Å²) >= 11 is 0. The first kappa shape index (κ1) is 20.1. The van der Waals surface area contributed by atoms with Gasteiger partial charge in [-0.05, 0) is 32.0 Å². The molecule has 2 aromatic rings. The number of carbonyl (C=O) groups excluding carboxylic acids is 2. The van der Waals surface area contributed by atoms with Crippen molar-refractivity contribution in [1.29, 1.82) is 0 Å². The minimum absolute atomic E-state index is 0.00317.